The monoisotopic (exact) mass is 255 g/mol. The van der Waals surface area contributed by atoms with Crippen molar-refractivity contribution in [1.29, 1.82) is 0 Å². The third kappa shape index (κ3) is 3.36. The highest BCUT2D eigenvalue weighted by molar-refractivity contribution is 5.82. The molecule has 2 unspecified atom stereocenters. The Morgan fingerprint density at radius 2 is 1.63 bits per heavy atom. The van der Waals surface area contributed by atoms with Gasteiger partial charge in [-0.2, -0.15) is 0 Å². The van der Waals surface area contributed by atoms with Gasteiger partial charge in [0.15, 0.2) is 0 Å². The van der Waals surface area contributed by atoms with Gasteiger partial charge in [0.1, 0.15) is 0 Å². The molecule has 0 saturated heterocycles. The van der Waals surface area contributed by atoms with Crippen LogP contribution in [0.3, 0.4) is 0 Å². The first-order chi connectivity index (χ1) is 9.11. The molecule has 19 heavy (non-hydrogen) atoms. The summed E-state index contributed by atoms with van der Waals surface area (Å²) in [5.41, 5.74) is 1.42. The minimum Gasteiger partial charge on any atom is -0.316 e. The minimum atomic E-state index is 0.543. The summed E-state index contributed by atoms with van der Waals surface area (Å²) in [6.07, 6.45) is 1.10. The Labute approximate surface area is 117 Å². The quantitative estimate of drug-likeness (QED) is 0.841. The molecule has 0 aliphatic heterocycles. The molecule has 1 nitrogen and oxygen atoms in total. The van der Waals surface area contributed by atoms with Gasteiger partial charge in [0.2, 0.25) is 0 Å². The van der Waals surface area contributed by atoms with E-state index in [-0.39, 0.29) is 0 Å². The first-order valence-electron chi connectivity index (χ1n) is 7.26. The fraction of sp³-hybridized carbons (Fsp3) is 0.444. The van der Waals surface area contributed by atoms with Crippen LogP contribution >= 0.6 is 0 Å². The van der Waals surface area contributed by atoms with Gasteiger partial charge in [-0.25, -0.2) is 0 Å². The molecule has 0 fully saturated rings. The fourth-order valence-corrected chi connectivity index (χ4v) is 2.64. The van der Waals surface area contributed by atoms with Crippen molar-refractivity contribution in [2.24, 2.45) is 11.8 Å². The molecule has 2 atom stereocenters. The molecule has 102 valence electrons. The molecule has 0 aliphatic rings. The number of benzene rings is 2. The van der Waals surface area contributed by atoms with Gasteiger partial charge >= 0.3 is 0 Å². The Kier molecular flexibility index (Phi) is 4.60. The average molecular weight is 255 g/mol. The summed E-state index contributed by atoms with van der Waals surface area (Å²) in [6, 6.07) is 15.9. The van der Waals surface area contributed by atoms with Gasteiger partial charge in [-0.1, -0.05) is 63.2 Å². The second-order valence-electron chi connectivity index (χ2n) is 5.88. The van der Waals surface area contributed by atoms with E-state index >= 15 is 0 Å². The van der Waals surface area contributed by atoms with Crippen molar-refractivity contribution in [2.45, 2.75) is 33.2 Å². The molecule has 2 rings (SSSR count). The maximum absolute atomic E-state index is 3.48. The van der Waals surface area contributed by atoms with E-state index in [1.165, 1.54) is 16.3 Å². The molecule has 0 aromatic heterocycles. The summed E-state index contributed by atoms with van der Waals surface area (Å²) < 4.78 is 0. The highest BCUT2D eigenvalue weighted by Gasteiger charge is 2.18. The smallest absolute Gasteiger partial charge is 0.0132 e. The molecule has 0 bridgehead atoms. The normalized spacial score (nSPS) is 14.8. The van der Waals surface area contributed by atoms with Crippen molar-refractivity contribution in [3.05, 3.63) is 48.0 Å². The van der Waals surface area contributed by atoms with E-state index in [0.717, 1.165) is 6.42 Å². The first kappa shape index (κ1) is 14.1. The van der Waals surface area contributed by atoms with E-state index < -0.39 is 0 Å². The largest absolute Gasteiger partial charge is 0.316 e. The van der Waals surface area contributed by atoms with Crippen molar-refractivity contribution in [3.8, 4) is 0 Å². The topological polar surface area (TPSA) is 12.0 Å². The molecule has 2 aromatic rings. The van der Waals surface area contributed by atoms with E-state index in [4.69, 9.17) is 0 Å². The fourth-order valence-electron chi connectivity index (χ4n) is 2.64. The Hall–Kier alpha value is -1.34. The van der Waals surface area contributed by atoms with E-state index in [2.05, 4.69) is 75.6 Å². The molecule has 0 spiro atoms. The summed E-state index contributed by atoms with van der Waals surface area (Å²) >= 11 is 0. The number of hydrogen-bond acceptors (Lipinski definition) is 1. The van der Waals surface area contributed by atoms with Crippen LogP contribution in [0.1, 0.15) is 26.3 Å². The van der Waals surface area contributed by atoms with Crippen LogP contribution in [0.15, 0.2) is 42.5 Å². The molecular weight excluding hydrogens is 230 g/mol. The Morgan fingerprint density at radius 3 is 2.26 bits per heavy atom. The number of hydrogen-bond donors (Lipinski definition) is 1. The lowest BCUT2D eigenvalue weighted by Gasteiger charge is -2.27. The SMILES string of the molecule is CNC(Cc1ccc2ccccc2c1)C(C)C(C)C. The maximum Gasteiger partial charge on any atom is 0.0132 e. The third-order valence-corrected chi connectivity index (χ3v) is 4.33. The Balaban J connectivity index is 2.19. The third-order valence-electron chi connectivity index (χ3n) is 4.33. The zero-order valence-electron chi connectivity index (χ0n) is 12.5. The van der Waals surface area contributed by atoms with Gasteiger partial charge in [-0.3, -0.25) is 0 Å². The van der Waals surface area contributed by atoms with Crippen LogP contribution in [0.2, 0.25) is 0 Å². The highest BCUT2D eigenvalue weighted by atomic mass is 14.9. The van der Waals surface area contributed by atoms with E-state index in [9.17, 15) is 0 Å². The molecule has 0 saturated carbocycles. The lowest BCUT2D eigenvalue weighted by molar-refractivity contribution is 0.310. The molecule has 0 radical (unpaired) electrons. The molecule has 0 aliphatic carbocycles. The van der Waals surface area contributed by atoms with E-state index in [0.29, 0.717) is 17.9 Å². The summed E-state index contributed by atoms with van der Waals surface area (Å²) in [5.74, 6) is 1.38. The van der Waals surface area contributed by atoms with Crippen LogP contribution in [-0.4, -0.2) is 13.1 Å². The predicted octanol–water partition coefficient (Wildman–Crippen LogP) is 4.26. The molecule has 2 aromatic carbocycles. The number of rotatable bonds is 5. The van der Waals surface area contributed by atoms with Gasteiger partial charge < -0.3 is 5.32 Å². The standard InChI is InChI=1S/C18H25N/c1-13(2)14(3)18(19-4)12-15-9-10-16-7-5-6-8-17(16)11-15/h5-11,13-14,18-19H,12H2,1-4H3. The molecular formula is C18H25N. The van der Waals surface area contributed by atoms with Gasteiger partial charge in [-0.05, 0) is 41.6 Å². The van der Waals surface area contributed by atoms with Crippen molar-refractivity contribution < 1.29 is 0 Å². The summed E-state index contributed by atoms with van der Waals surface area (Å²) in [6.45, 7) is 6.94. The summed E-state index contributed by atoms with van der Waals surface area (Å²) in [4.78, 5) is 0. The van der Waals surface area contributed by atoms with Crippen LogP contribution in [0, 0.1) is 11.8 Å². The molecule has 0 heterocycles. The van der Waals surface area contributed by atoms with Crippen LogP contribution in [-0.2, 0) is 6.42 Å². The van der Waals surface area contributed by atoms with Crippen molar-refractivity contribution in [1.82, 2.24) is 5.32 Å². The summed E-state index contributed by atoms with van der Waals surface area (Å²) in [5, 5.41) is 6.14. The zero-order valence-corrected chi connectivity index (χ0v) is 12.5. The van der Waals surface area contributed by atoms with E-state index in [1.807, 2.05) is 0 Å². The predicted molar refractivity (Wildman–Crippen MR) is 84.5 cm³/mol. The molecule has 0 amide bonds. The van der Waals surface area contributed by atoms with Crippen LogP contribution in [0.25, 0.3) is 10.8 Å². The van der Waals surface area contributed by atoms with Crippen molar-refractivity contribution in [2.75, 3.05) is 7.05 Å². The molecule has 1 heteroatoms. The van der Waals surface area contributed by atoms with Gasteiger partial charge in [0.25, 0.3) is 0 Å². The lowest BCUT2D eigenvalue weighted by atomic mass is 9.86. The van der Waals surface area contributed by atoms with Gasteiger partial charge in [0, 0.05) is 6.04 Å². The van der Waals surface area contributed by atoms with Crippen molar-refractivity contribution >= 4 is 10.8 Å². The van der Waals surface area contributed by atoms with Crippen LogP contribution in [0.5, 0.6) is 0 Å². The summed E-state index contributed by atoms with van der Waals surface area (Å²) in [7, 11) is 2.07. The number of likely N-dealkylation sites (N-methyl/N-ethyl adjacent to an activating group) is 1. The second-order valence-corrected chi connectivity index (χ2v) is 5.88. The Bertz CT molecular complexity index is 530. The Morgan fingerprint density at radius 1 is 0.947 bits per heavy atom. The van der Waals surface area contributed by atoms with Crippen LogP contribution in [0.4, 0.5) is 0 Å². The first-order valence-corrected chi connectivity index (χ1v) is 7.26. The highest BCUT2D eigenvalue weighted by Crippen LogP contribution is 2.21. The van der Waals surface area contributed by atoms with Gasteiger partial charge in [0.05, 0.1) is 0 Å². The van der Waals surface area contributed by atoms with E-state index in [1.54, 1.807) is 0 Å². The van der Waals surface area contributed by atoms with Crippen molar-refractivity contribution in [3.63, 3.8) is 0 Å². The average Bonchev–Trinajstić information content (AvgIpc) is 2.43. The lowest BCUT2D eigenvalue weighted by Crippen LogP contribution is -2.36. The number of nitrogens with one attached hydrogen (secondary N) is 1. The zero-order chi connectivity index (χ0) is 13.8. The molecule has 1 N–H and O–H groups in total. The second kappa shape index (κ2) is 6.21. The minimum absolute atomic E-state index is 0.543. The van der Waals surface area contributed by atoms with Crippen LogP contribution < -0.4 is 5.32 Å². The maximum atomic E-state index is 3.48. The van der Waals surface area contributed by atoms with Gasteiger partial charge in [-0.15, -0.1) is 0 Å². The number of fused-ring (bicyclic) bond motifs is 1.